The molecule has 0 aliphatic rings. The van der Waals surface area contributed by atoms with E-state index in [0.717, 1.165) is 16.9 Å². The first-order chi connectivity index (χ1) is 7.31. The third-order valence-electron chi connectivity index (χ3n) is 1.91. The molecule has 0 unspecified atom stereocenters. The average Bonchev–Trinajstić information content (AvgIpc) is 2.61. The number of thiazole rings is 1. The Bertz CT molecular complexity index is 499. The van der Waals surface area contributed by atoms with Gasteiger partial charge in [-0.1, -0.05) is 41.7 Å². The Morgan fingerprint density at radius 2 is 2.07 bits per heavy atom. The van der Waals surface area contributed by atoms with Gasteiger partial charge in [0.2, 0.25) is 5.13 Å². The highest BCUT2D eigenvalue weighted by atomic mass is 32.1. The van der Waals surface area contributed by atoms with Crippen LogP contribution in [0.1, 0.15) is 5.01 Å². The fraction of sp³-hybridized carbons (Fsp3) is 0.0909. The van der Waals surface area contributed by atoms with Gasteiger partial charge < -0.3 is 0 Å². The quantitative estimate of drug-likeness (QED) is 0.776. The Labute approximate surface area is 90.6 Å². The number of nitriles is 1. The van der Waals surface area contributed by atoms with Crippen molar-refractivity contribution in [2.24, 2.45) is 0 Å². The minimum atomic E-state index is -0.327. The number of hydrogen-bond acceptors (Lipinski definition) is 3. The van der Waals surface area contributed by atoms with E-state index < -0.39 is 0 Å². The lowest BCUT2D eigenvalue weighted by Crippen LogP contribution is -1.82. The van der Waals surface area contributed by atoms with Crippen LogP contribution in [0.5, 0.6) is 0 Å². The summed E-state index contributed by atoms with van der Waals surface area (Å²) in [6, 6.07) is 11.1. The van der Waals surface area contributed by atoms with Crippen LogP contribution in [0.3, 0.4) is 0 Å². The van der Waals surface area contributed by atoms with Crippen LogP contribution >= 0.6 is 11.3 Å². The van der Waals surface area contributed by atoms with Gasteiger partial charge in [0, 0.05) is 5.56 Å². The molecule has 15 heavy (non-hydrogen) atoms. The van der Waals surface area contributed by atoms with Crippen molar-refractivity contribution in [2.45, 2.75) is 6.42 Å². The number of rotatable bonds is 2. The van der Waals surface area contributed by atoms with E-state index in [-0.39, 0.29) is 11.6 Å². The summed E-state index contributed by atoms with van der Waals surface area (Å²) in [7, 11) is 0. The summed E-state index contributed by atoms with van der Waals surface area (Å²) in [5, 5.41) is 8.68. The molecule has 1 aromatic carbocycles. The van der Waals surface area contributed by atoms with Crippen molar-refractivity contribution in [3.63, 3.8) is 0 Å². The molecule has 0 N–H and O–H groups in total. The summed E-state index contributed by atoms with van der Waals surface area (Å²) in [5.74, 6) is 0. The lowest BCUT2D eigenvalue weighted by molar-refractivity contribution is 0.657. The molecule has 2 nitrogen and oxygen atoms in total. The number of halogens is 1. The first kappa shape index (κ1) is 9.81. The lowest BCUT2D eigenvalue weighted by Gasteiger charge is -1.94. The second kappa shape index (κ2) is 4.20. The van der Waals surface area contributed by atoms with Crippen molar-refractivity contribution in [2.75, 3.05) is 0 Å². The second-order valence-corrected chi connectivity index (χ2v) is 3.96. The highest BCUT2D eigenvalue weighted by molar-refractivity contribution is 7.10. The van der Waals surface area contributed by atoms with E-state index >= 15 is 0 Å². The van der Waals surface area contributed by atoms with Crippen LogP contribution < -0.4 is 0 Å². The maximum Gasteiger partial charge on any atom is 0.204 e. The highest BCUT2D eigenvalue weighted by Crippen LogP contribution is 2.26. The molecule has 0 aliphatic carbocycles. The predicted octanol–water partition coefficient (Wildman–Crippen LogP) is 3.02. The molecule has 0 spiro atoms. The maximum atomic E-state index is 13.5. The molecular weight excluding hydrogens is 211 g/mol. The zero-order valence-electron chi connectivity index (χ0n) is 7.77. The first-order valence-electron chi connectivity index (χ1n) is 4.39. The third kappa shape index (κ3) is 2.03. The van der Waals surface area contributed by atoms with E-state index in [4.69, 9.17) is 5.26 Å². The van der Waals surface area contributed by atoms with Crippen LogP contribution in [0, 0.1) is 16.5 Å². The van der Waals surface area contributed by atoms with E-state index in [1.165, 1.54) is 0 Å². The van der Waals surface area contributed by atoms with Gasteiger partial charge in [-0.2, -0.15) is 9.65 Å². The summed E-state index contributed by atoms with van der Waals surface area (Å²) in [5.41, 5.74) is 1.08. The average molecular weight is 218 g/mol. The molecule has 2 rings (SSSR count). The second-order valence-electron chi connectivity index (χ2n) is 2.93. The Balaban J connectivity index is 2.42. The molecule has 1 heterocycles. The van der Waals surface area contributed by atoms with Gasteiger partial charge in [0.1, 0.15) is 10.7 Å². The van der Waals surface area contributed by atoms with Crippen molar-refractivity contribution in [3.05, 3.63) is 40.5 Å². The molecule has 0 bridgehead atoms. The number of benzene rings is 1. The van der Waals surface area contributed by atoms with Crippen LogP contribution in [0.4, 0.5) is 4.39 Å². The largest absolute Gasteiger partial charge is 0.237 e. The molecule has 74 valence electrons. The minimum absolute atomic E-state index is 0.161. The van der Waals surface area contributed by atoms with Crippen molar-refractivity contribution >= 4 is 11.3 Å². The molecule has 0 aliphatic heterocycles. The van der Waals surface area contributed by atoms with Crippen molar-refractivity contribution in [3.8, 4) is 17.3 Å². The van der Waals surface area contributed by atoms with Gasteiger partial charge in [0.05, 0.1) is 12.5 Å². The van der Waals surface area contributed by atoms with E-state index in [1.807, 2.05) is 24.3 Å². The smallest absolute Gasteiger partial charge is 0.204 e. The lowest BCUT2D eigenvalue weighted by atomic mass is 10.2. The molecule has 2 aromatic rings. The van der Waals surface area contributed by atoms with Gasteiger partial charge in [0.15, 0.2) is 0 Å². The topological polar surface area (TPSA) is 36.7 Å². The van der Waals surface area contributed by atoms with Crippen LogP contribution in [-0.2, 0) is 6.42 Å². The number of hydrogen-bond donors (Lipinski definition) is 0. The van der Waals surface area contributed by atoms with Crippen molar-refractivity contribution < 1.29 is 4.39 Å². The van der Waals surface area contributed by atoms with Crippen LogP contribution in [0.2, 0.25) is 0 Å². The number of aromatic nitrogens is 1. The Hall–Kier alpha value is -1.73. The summed E-state index contributed by atoms with van der Waals surface area (Å²) in [6.07, 6.45) is 0.161. The molecule has 4 heteroatoms. The van der Waals surface area contributed by atoms with E-state index in [9.17, 15) is 4.39 Å². The SMILES string of the molecule is N#CCc1nc(-c2ccccc2)c(F)s1. The van der Waals surface area contributed by atoms with Crippen LogP contribution in [-0.4, -0.2) is 4.98 Å². The van der Waals surface area contributed by atoms with Crippen LogP contribution in [0.15, 0.2) is 30.3 Å². The molecule has 0 amide bonds. The fourth-order valence-corrected chi connectivity index (χ4v) is 2.00. The zero-order valence-corrected chi connectivity index (χ0v) is 8.59. The monoisotopic (exact) mass is 218 g/mol. The molecular formula is C11H7FN2S. The summed E-state index contributed by atoms with van der Waals surface area (Å²) in [6.45, 7) is 0. The van der Waals surface area contributed by atoms with E-state index in [2.05, 4.69) is 4.98 Å². The molecule has 0 atom stereocenters. The predicted molar refractivity (Wildman–Crippen MR) is 56.8 cm³/mol. The first-order valence-corrected chi connectivity index (χ1v) is 5.20. The maximum absolute atomic E-state index is 13.5. The molecule has 0 radical (unpaired) electrons. The van der Waals surface area contributed by atoms with Gasteiger partial charge in [-0.3, -0.25) is 0 Å². The molecule has 0 fully saturated rings. The van der Waals surface area contributed by atoms with Gasteiger partial charge in [-0.25, -0.2) is 4.98 Å². The fourth-order valence-electron chi connectivity index (χ4n) is 1.26. The Morgan fingerprint density at radius 1 is 1.33 bits per heavy atom. The molecule has 0 saturated heterocycles. The Morgan fingerprint density at radius 3 is 2.73 bits per heavy atom. The van der Waals surface area contributed by atoms with Crippen LogP contribution in [0.25, 0.3) is 11.3 Å². The highest BCUT2D eigenvalue weighted by Gasteiger charge is 2.11. The van der Waals surface area contributed by atoms with Gasteiger partial charge in [-0.15, -0.1) is 0 Å². The summed E-state index contributed by atoms with van der Waals surface area (Å²) >= 11 is 0.933. The van der Waals surface area contributed by atoms with Gasteiger partial charge >= 0.3 is 0 Å². The summed E-state index contributed by atoms with van der Waals surface area (Å²) in [4.78, 5) is 4.09. The summed E-state index contributed by atoms with van der Waals surface area (Å²) < 4.78 is 13.5. The third-order valence-corrected chi connectivity index (χ3v) is 2.75. The molecule has 0 saturated carbocycles. The number of nitrogens with zero attached hydrogens (tertiary/aromatic N) is 2. The van der Waals surface area contributed by atoms with E-state index in [1.54, 1.807) is 12.1 Å². The normalized spacial score (nSPS) is 9.87. The van der Waals surface area contributed by atoms with Crippen molar-refractivity contribution in [1.29, 1.82) is 5.26 Å². The minimum Gasteiger partial charge on any atom is -0.237 e. The zero-order chi connectivity index (χ0) is 10.7. The van der Waals surface area contributed by atoms with Gasteiger partial charge in [0.25, 0.3) is 0 Å². The van der Waals surface area contributed by atoms with E-state index in [0.29, 0.717) is 10.7 Å². The van der Waals surface area contributed by atoms with Crippen molar-refractivity contribution in [1.82, 2.24) is 4.98 Å². The Kier molecular flexibility index (Phi) is 2.75. The standard InChI is InChI=1S/C11H7FN2S/c12-11-10(8-4-2-1-3-5-8)14-9(15-11)6-7-13/h1-5H,6H2. The van der Waals surface area contributed by atoms with Gasteiger partial charge in [-0.05, 0) is 0 Å². The molecule has 1 aromatic heterocycles.